The zero-order valence-corrected chi connectivity index (χ0v) is 11.7. The number of carbonyl (C=O) groups excluding carboxylic acids is 2. The molecule has 1 atom stereocenters. The van der Waals surface area contributed by atoms with Gasteiger partial charge in [0.25, 0.3) is 0 Å². The number of Topliss-reactive ketones (excluding diaryl/α,β-unsaturated/α-hetero) is 1. The minimum atomic E-state index is -0.518. The molecule has 0 aromatic rings. The van der Waals surface area contributed by atoms with Crippen LogP contribution in [0.3, 0.4) is 0 Å². The van der Waals surface area contributed by atoms with Gasteiger partial charge < -0.3 is 10.1 Å². The van der Waals surface area contributed by atoms with Crippen molar-refractivity contribution >= 4 is 11.9 Å². The van der Waals surface area contributed by atoms with E-state index in [4.69, 9.17) is 4.74 Å². The lowest BCUT2D eigenvalue weighted by Gasteiger charge is -2.22. The molecule has 0 saturated carbocycles. The van der Waals surface area contributed by atoms with E-state index in [1.165, 1.54) is 0 Å². The summed E-state index contributed by atoms with van der Waals surface area (Å²) in [6.45, 7) is 11.4. The third-order valence-corrected chi connectivity index (χ3v) is 2.24. The number of hydrogen-bond donors (Lipinski definition) is 1. The summed E-state index contributed by atoms with van der Waals surface area (Å²) in [5.74, 6) is 0.434. The second kappa shape index (κ2) is 7.30. The number of amides is 1. The van der Waals surface area contributed by atoms with Gasteiger partial charge in [0, 0.05) is 6.42 Å². The topological polar surface area (TPSA) is 55.4 Å². The van der Waals surface area contributed by atoms with Crippen LogP contribution in [-0.4, -0.2) is 24.0 Å². The first kappa shape index (κ1) is 15.9. The summed E-state index contributed by atoms with van der Waals surface area (Å²) in [6, 6.07) is -0.455. The molecule has 0 rings (SSSR count). The number of nitrogens with one attached hydrogen (secondary N) is 1. The average molecular weight is 243 g/mol. The van der Waals surface area contributed by atoms with E-state index in [9.17, 15) is 9.59 Å². The summed E-state index contributed by atoms with van der Waals surface area (Å²) in [5.41, 5.74) is 0. The minimum Gasteiger partial charge on any atom is -0.447 e. The average Bonchev–Trinajstić information content (AvgIpc) is 2.10. The van der Waals surface area contributed by atoms with Crippen LogP contribution in [0.5, 0.6) is 0 Å². The van der Waals surface area contributed by atoms with Crippen LogP contribution in [0.1, 0.15) is 48.0 Å². The fourth-order valence-electron chi connectivity index (χ4n) is 1.52. The molecule has 0 aromatic carbocycles. The second-order valence-corrected chi connectivity index (χ2v) is 5.38. The van der Waals surface area contributed by atoms with Crippen LogP contribution in [0.25, 0.3) is 0 Å². The van der Waals surface area contributed by atoms with Crippen LogP contribution in [0.15, 0.2) is 0 Å². The first-order chi connectivity index (χ1) is 7.73. The standard InChI is InChI=1S/C13H25NO3/c1-8(2)7-11(15)12(9(3)4)14-13(16)17-10(5)6/h8-10,12H,7H2,1-6H3,(H,14,16)/t12-/m0/s1. The van der Waals surface area contributed by atoms with Crippen molar-refractivity contribution in [1.82, 2.24) is 5.32 Å². The van der Waals surface area contributed by atoms with Gasteiger partial charge in [-0.25, -0.2) is 4.79 Å². The molecule has 100 valence electrons. The van der Waals surface area contributed by atoms with E-state index in [1.54, 1.807) is 13.8 Å². The largest absolute Gasteiger partial charge is 0.447 e. The summed E-state index contributed by atoms with van der Waals surface area (Å²) in [4.78, 5) is 23.4. The second-order valence-electron chi connectivity index (χ2n) is 5.38. The lowest BCUT2D eigenvalue weighted by molar-refractivity contribution is -0.122. The van der Waals surface area contributed by atoms with E-state index in [0.717, 1.165) is 0 Å². The Morgan fingerprint density at radius 1 is 1.06 bits per heavy atom. The van der Waals surface area contributed by atoms with Crippen LogP contribution in [-0.2, 0) is 9.53 Å². The van der Waals surface area contributed by atoms with Crippen molar-refractivity contribution in [2.45, 2.75) is 60.1 Å². The fourth-order valence-corrected chi connectivity index (χ4v) is 1.52. The molecule has 0 radical (unpaired) electrons. The maximum atomic E-state index is 11.9. The first-order valence-corrected chi connectivity index (χ1v) is 6.23. The van der Waals surface area contributed by atoms with Crippen LogP contribution in [0, 0.1) is 11.8 Å². The van der Waals surface area contributed by atoms with Crippen molar-refractivity contribution in [2.24, 2.45) is 11.8 Å². The third kappa shape index (κ3) is 6.97. The Hall–Kier alpha value is -1.06. The Labute approximate surface area is 104 Å². The van der Waals surface area contributed by atoms with Crippen LogP contribution < -0.4 is 5.32 Å². The Morgan fingerprint density at radius 3 is 1.94 bits per heavy atom. The molecule has 0 spiro atoms. The van der Waals surface area contributed by atoms with Crippen molar-refractivity contribution in [3.05, 3.63) is 0 Å². The highest BCUT2D eigenvalue weighted by atomic mass is 16.6. The highest BCUT2D eigenvalue weighted by molar-refractivity contribution is 5.87. The number of alkyl carbamates (subject to hydrolysis) is 1. The van der Waals surface area contributed by atoms with Crippen LogP contribution in [0.4, 0.5) is 4.79 Å². The molecular formula is C13H25NO3. The van der Waals surface area contributed by atoms with E-state index in [1.807, 2.05) is 27.7 Å². The summed E-state index contributed by atoms with van der Waals surface area (Å²) < 4.78 is 4.98. The molecule has 17 heavy (non-hydrogen) atoms. The lowest BCUT2D eigenvalue weighted by atomic mass is 9.94. The molecule has 0 saturated heterocycles. The Kier molecular flexibility index (Phi) is 6.85. The molecule has 0 bridgehead atoms. The normalized spacial score (nSPS) is 13.0. The predicted octanol–water partition coefficient (Wildman–Crippen LogP) is 2.76. The summed E-state index contributed by atoms with van der Waals surface area (Å²) in [6.07, 6.45) is -0.219. The molecule has 0 aliphatic carbocycles. The third-order valence-electron chi connectivity index (χ3n) is 2.24. The van der Waals surface area contributed by atoms with Gasteiger partial charge in [0.15, 0.2) is 5.78 Å². The van der Waals surface area contributed by atoms with E-state index < -0.39 is 12.1 Å². The highest BCUT2D eigenvalue weighted by Gasteiger charge is 2.25. The summed E-state index contributed by atoms with van der Waals surface area (Å²) in [5, 5.41) is 2.64. The SMILES string of the molecule is CC(C)CC(=O)[C@@H](NC(=O)OC(C)C)C(C)C. The smallest absolute Gasteiger partial charge is 0.407 e. The van der Waals surface area contributed by atoms with Gasteiger partial charge in [-0.3, -0.25) is 4.79 Å². The Morgan fingerprint density at radius 2 is 1.59 bits per heavy atom. The first-order valence-electron chi connectivity index (χ1n) is 6.23. The summed E-state index contributed by atoms with van der Waals surface area (Å²) in [7, 11) is 0. The van der Waals surface area contributed by atoms with Crippen molar-refractivity contribution in [3.63, 3.8) is 0 Å². The molecule has 1 amide bonds. The van der Waals surface area contributed by atoms with Gasteiger partial charge in [0.05, 0.1) is 12.1 Å². The molecular weight excluding hydrogens is 218 g/mol. The fraction of sp³-hybridized carbons (Fsp3) is 0.846. The van der Waals surface area contributed by atoms with Gasteiger partial charge >= 0.3 is 6.09 Å². The lowest BCUT2D eigenvalue weighted by Crippen LogP contribution is -2.45. The van der Waals surface area contributed by atoms with Gasteiger partial charge in [-0.05, 0) is 25.7 Å². The van der Waals surface area contributed by atoms with E-state index >= 15 is 0 Å². The van der Waals surface area contributed by atoms with Crippen molar-refractivity contribution < 1.29 is 14.3 Å². The molecule has 0 aromatic heterocycles. The molecule has 0 aliphatic heterocycles. The Balaban J connectivity index is 4.43. The number of ether oxygens (including phenoxy) is 1. The molecule has 0 unspecified atom stereocenters. The van der Waals surface area contributed by atoms with Gasteiger partial charge in [-0.1, -0.05) is 27.7 Å². The monoisotopic (exact) mass is 243 g/mol. The van der Waals surface area contributed by atoms with Gasteiger partial charge in [-0.15, -0.1) is 0 Å². The number of ketones is 1. The zero-order chi connectivity index (χ0) is 13.6. The van der Waals surface area contributed by atoms with E-state index in [-0.39, 0.29) is 17.8 Å². The number of hydrogen-bond acceptors (Lipinski definition) is 3. The molecule has 4 heteroatoms. The van der Waals surface area contributed by atoms with Crippen molar-refractivity contribution in [2.75, 3.05) is 0 Å². The molecule has 0 fully saturated rings. The zero-order valence-electron chi connectivity index (χ0n) is 11.7. The van der Waals surface area contributed by atoms with E-state index in [0.29, 0.717) is 12.3 Å². The van der Waals surface area contributed by atoms with Crippen molar-refractivity contribution in [3.8, 4) is 0 Å². The molecule has 0 aliphatic rings. The minimum absolute atomic E-state index is 0.0655. The predicted molar refractivity (Wildman–Crippen MR) is 67.8 cm³/mol. The molecule has 1 N–H and O–H groups in total. The van der Waals surface area contributed by atoms with Crippen LogP contribution >= 0.6 is 0 Å². The summed E-state index contributed by atoms with van der Waals surface area (Å²) >= 11 is 0. The maximum Gasteiger partial charge on any atom is 0.407 e. The Bertz CT molecular complexity index is 259. The van der Waals surface area contributed by atoms with E-state index in [2.05, 4.69) is 5.32 Å². The number of rotatable bonds is 6. The number of carbonyl (C=O) groups is 2. The van der Waals surface area contributed by atoms with Crippen LogP contribution in [0.2, 0.25) is 0 Å². The molecule has 0 heterocycles. The van der Waals surface area contributed by atoms with Gasteiger partial charge in [0.1, 0.15) is 0 Å². The quantitative estimate of drug-likeness (QED) is 0.780. The van der Waals surface area contributed by atoms with Crippen molar-refractivity contribution in [1.29, 1.82) is 0 Å². The highest BCUT2D eigenvalue weighted by Crippen LogP contribution is 2.10. The maximum absolute atomic E-state index is 11.9. The molecule has 4 nitrogen and oxygen atoms in total. The van der Waals surface area contributed by atoms with Gasteiger partial charge in [-0.2, -0.15) is 0 Å². The van der Waals surface area contributed by atoms with Gasteiger partial charge in [0.2, 0.25) is 0 Å².